The fraction of sp³-hybridized carbons (Fsp3) is 0.407. The van der Waals surface area contributed by atoms with Crippen LogP contribution in [0.1, 0.15) is 50.8 Å². The number of ether oxygens (including phenoxy) is 1. The van der Waals surface area contributed by atoms with E-state index in [0.29, 0.717) is 29.5 Å². The number of aliphatic hydroxyl groups excluding tert-OH is 1. The lowest BCUT2D eigenvalue weighted by atomic mass is 9.95. The first-order valence-corrected chi connectivity index (χ1v) is 12.3. The molecule has 6 nitrogen and oxygen atoms in total. The number of benzene rings is 2. The fourth-order valence-corrected chi connectivity index (χ4v) is 4.35. The summed E-state index contributed by atoms with van der Waals surface area (Å²) >= 11 is 6.00. The summed E-state index contributed by atoms with van der Waals surface area (Å²) in [5.74, 6) is -0.814. The van der Waals surface area contributed by atoms with Crippen molar-refractivity contribution in [2.45, 2.75) is 39.7 Å². The smallest absolute Gasteiger partial charge is 0.295 e. The van der Waals surface area contributed by atoms with Crippen LogP contribution in [-0.4, -0.2) is 59.4 Å². The van der Waals surface area contributed by atoms with E-state index >= 15 is 0 Å². The molecular weight excluding hydrogens is 452 g/mol. The van der Waals surface area contributed by atoms with Gasteiger partial charge in [0.2, 0.25) is 0 Å². The molecule has 0 saturated carbocycles. The predicted molar refractivity (Wildman–Crippen MR) is 135 cm³/mol. The SMILES string of the molecule is CCCOc1cccc([C@@H]2/C(=C(\O)c3ccc(Cl)cc3)C(=O)C(=O)N2CCCN(CC)CC)c1. The van der Waals surface area contributed by atoms with Crippen LogP contribution in [-0.2, 0) is 9.59 Å². The van der Waals surface area contributed by atoms with Gasteiger partial charge in [0.25, 0.3) is 11.7 Å². The Morgan fingerprint density at radius 1 is 1.09 bits per heavy atom. The zero-order valence-electron chi connectivity index (χ0n) is 20.1. The number of nitrogens with zero attached hydrogens (tertiary/aromatic N) is 2. The number of rotatable bonds is 11. The molecule has 1 aliphatic rings. The van der Waals surface area contributed by atoms with Crippen molar-refractivity contribution in [3.8, 4) is 5.75 Å². The summed E-state index contributed by atoms with van der Waals surface area (Å²) < 4.78 is 5.79. The summed E-state index contributed by atoms with van der Waals surface area (Å²) in [6.07, 6.45) is 1.59. The molecule has 0 unspecified atom stereocenters. The standard InChI is InChI=1S/C27H33ClN2O4/c1-4-17-34-22-10-7-9-20(18-22)24-23(25(31)19-11-13-21(28)14-12-19)26(32)27(33)30(24)16-8-15-29(5-2)6-3/h7,9-14,18,24,31H,4-6,8,15-17H2,1-3H3/b25-23+/t24-/m1/s1. The van der Waals surface area contributed by atoms with Crippen molar-refractivity contribution < 1.29 is 19.4 Å². The van der Waals surface area contributed by atoms with E-state index in [1.165, 1.54) is 0 Å². The summed E-state index contributed by atoms with van der Waals surface area (Å²) in [6.45, 7) is 9.87. The van der Waals surface area contributed by atoms with Crippen molar-refractivity contribution in [2.24, 2.45) is 0 Å². The third-order valence-corrected chi connectivity index (χ3v) is 6.32. The molecule has 2 aromatic rings. The van der Waals surface area contributed by atoms with Crippen molar-refractivity contribution in [3.05, 3.63) is 70.3 Å². The first kappa shape index (κ1) is 25.8. The van der Waals surface area contributed by atoms with E-state index < -0.39 is 17.7 Å². The number of hydrogen-bond donors (Lipinski definition) is 1. The number of carbonyl (C=O) groups excluding carboxylic acids is 2. The van der Waals surface area contributed by atoms with E-state index in [0.717, 1.165) is 38.0 Å². The Morgan fingerprint density at radius 2 is 1.79 bits per heavy atom. The second-order valence-corrected chi connectivity index (χ2v) is 8.74. The molecule has 0 aromatic heterocycles. The second kappa shape index (κ2) is 12.0. The highest BCUT2D eigenvalue weighted by atomic mass is 35.5. The van der Waals surface area contributed by atoms with Gasteiger partial charge in [0, 0.05) is 17.1 Å². The van der Waals surface area contributed by atoms with Crippen LogP contribution in [0.3, 0.4) is 0 Å². The molecule has 1 heterocycles. The summed E-state index contributed by atoms with van der Waals surface area (Å²) in [5.41, 5.74) is 1.25. The minimum absolute atomic E-state index is 0.0859. The lowest BCUT2D eigenvalue weighted by molar-refractivity contribution is -0.140. The first-order valence-electron chi connectivity index (χ1n) is 11.9. The van der Waals surface area contributed by atoms with Crippen LogP contribution >= 0.6 is 11.6 Å². The number of Topliss-reactive ketones (excluding diaryl/α,β-unsaturated/α-hetero) is 1. The highest BCUT2D eigenvalue weighted by molar-refractivity contribution is 6.46. The summed E-state index contributed by atoms with van der Waals surface area (Å²) in [7, 11) is 0. The number of carbonyl (C=O) groups is 2. The van der Waals surface area contributed by atoms with Gasteiger partial charge in [-0.2, -0.15) is 0 Å². The average molecular weight is 485 g/mol. The quantitative estimate of drug-likeness (QED) is 0.267. The third-order valence-electron chi connectivity index (χ3n) is 6.07. The van der Waals surface area contributed by atoms with Crippen molar-refractivity contribution in [1.29, 1.82) is 0 Å². The molecule has 0 radical (unpaired) electrons. The molecule has 1 saturated heterocycles. The lowest BCUT2D eigenvalue weighted by Crippen LogP contribution is -2.33. The monoisotopic (exact) mass is 484 g/mol. The first-order chi connectivity index (χ1) is 16.4. The maximum Gasteiger partial charge on any atom is 0.295 e. The lowest BCUT2D eigenvalue weighted by Gasteiger charge is -2.27. The zero-order chi connectivity index (χ0) is 24.7. The molecule has 1 atom stereocenters. The summed E-state index contributed by atoms with van der Waals surface area (Å²) in [6, 6.07) is 13.3. The van der Waals surface area contributed by atoms with Crippen molar-refractivity contribution in [3.63, 3.8) is 0 Å². The topological polar surface area (TPSA) is 70.1 Å². The van der Waals surface area contributed by atoms with E-state index in [4.69, 9.17) is 16.3 Å². The molecule has 1 aliphatic heterocycles. The number of aliphatic hydroxyl groups is 1. The highest BCUT2D eigenvalue weighted by Crippen LogP contribution is 2.40. The van der Waals surface area contributed by atoms with Crippen molar-refractivity contribution in [2.75, 3.05) is 32.8 Å². The molecule has 0 spiro atoms. The Labute approximate surface area is 206 Å². The fourth-order valence-electron chi connectivity index (χ4n) is 4.22. The van der Waals surface area contributed by atoms with Crippen molar-refractivity contribution in [1.82, 2.24) is 9.80 Å². The Morgan fingerprint density at radius 3 is 2.44 bits per heavy atom. The van der Waals surface area contributed by atoms with Gasteiger partial charge in [0.05, 0.1) is 18.2 Å². The molecule has 0 aliphatic carbocycles. The number of hydrogen-bond acceptors (Lipinski definition) is 5. The van der Waals surface area contributed by atoms with Gasteiger partial charge >= 0.3 is 0 Å². The van der Waals surface area contributed by atoms with Gasteiger partial charge in [-0.15, -0.1) is 0 Å². The molecule has 182 valence electrons. The average Bonchev–Trinajstić information content (AvgIpc) is 3.10. The van der Waals surface area contributed by atoms with Crippen LogP contribution in [0.25, 0.3) is 5.76 Å². The maximum absolute atomic E-state index is 13.2. The van der Waals surface area contributed by atoms with Gasteiger partial charge in [0.15, 0.2) is 0 Å². The molecule has 1 fully saturated rings. The molecule has 7 heteroatoms. The summed E-state index contributed by atoms with van der Waals surface area (Å²) in [4.78, 5) is 30.1. The third kappa shape index (κ3) is 5.80. The van der Waals surface area contributed by atoms with Gasteiger partial charge in [-0.3, -0.25) is 9.59 Å². The maximum atomic E-state index is 13.2. The van der Waals surface area contributed by atoms with Gasteiger partial charge in [0.1, 0.15) is 11.5 Å². The molecular formula is C27H33ClN2O4. The van der Waals surface area contributed by atoms with Crippen LogP contribution in [0.5, 0.6) is 5.75 Å². The number of halogens is 1. The minimum atomic E-state index is -0.697. The van der Waals surface area contributed by atoms with Crippen LogP contribution in [0.2, 0.25) is 5.02 Å². The molecule has 1 amide bonds. The highest BCUT2D eigenvalue weighted by Gasteiger charge is 2.45. The van der Waals surface area contributed by atoms with E-state index in [2.05, 4.69) is 18.7 Å². The van der Waals surface area contributed by atoms with E-state index in [-0.39, 0.29) is 11.3 Å². The van der Waals surface area contributed by atoms with Gasteiger partial charge in [-0.1, -0.05) is 44.5 Å². The Hall–Kier alpha value is -2.83. The largest absolute Gasteiger partial charge is 0.507 e. The molecule has 0 bridgehead atoms. The molecule has 34 heavy (non-hydrogen) atoms. The number of amides is 1. The number of ketones is 1. The van der Waals surface area contributed by atoms with Gasteiger partial charge in [-0.25, -0.2) is 0 Å². The second-order valence-electron chi connectivity index (χ2n) is 8.30. The summed E-state index contributed by atoms with van der Waals surface area (Å²) in [5, 5.41) is 11.7. The minimum Gasteiger partial charge on any atom is -0.507 e. The Bertz CT molecular complexity index is 1030. The van der Waals surface area contributed by atoms with Crippen LogP contribution in [0, 0.1) is 0 Å². The predicted octanol–water partition coefficient (Wildman–Crippen LogP) is 5.28. The van der Waals surface area contributed by atoms with E-state index in [1.807, 2.05) is 31.2 Å². The van der Waals surface area contributed by atoms with Crippen LogP contribution in [0.4, 0.5) is 0 Å². The molecule has 1 N–H and O–H groups in total. The van der Waals surface area contributed by atoms with Crippen LogP contribution < -0.4 is 4.74 Å². The van der Waals surface area contributed by atoms with E-state index in [9.17, 15) is 14.7 Å². The van der Waals surface area contributed by atoms with Crippen LogP contribution in [0.15, 0.2) is 54.1 Å². The van der Waals surface area contributed by atoms with Crippen molar-refractivity contribution >= 4 is 29.1 Å². The Balaban J connectivity index is 2.03. The van der Waals surface area contributed by atoms with Gasteiger partial charge in [-0.05, 0) is 74.4 Å². The van der Waals surface area contributed by atoms with Gasteiger partial charge < -0.3 is 19.6 Å². The van der Waals surface area contributed by atoms with E-state index in [1.54, 1.807) is 29.2 Å². The Kier molecular flexibility index (Phi) is 9.13. The zero-order valence-corrected chi connectivity index (χ0v) is 20.8. The molecule has 3 rings (SSSR count). The normalized spacial score (nSPS) is 17.6. The molecule has 2 aromatic carbocycles. The number of likely N-dealkylation sites (tertiary alicyclic amines) is 1.